The van der Waals surface area contributed by atoms with Crippen molar-refractivity contribution in [3.8, 4) is 0 Å². The lowest BCUT2D eigenvalue weighted by Gasteiger charge is -2.06. The molecule has 0 saturated heterocycles. The average Bonchev–Trinajstić information content (AvgIpc) is 2.62. The quantitative estimate of drug-likeness (QED) is 0.488. The largest absolute Gasteiger partial charge is 0.396 e. The van der Waals surface area contributed by atoms with Crippen molar-refractivity contribution in [2.45, 2.75) is 19.3 Å². The summed E-state index contributed by atoms with van der Waals surface area (Å²) in [5, 5.41) is 14.7. The van der Waals surface area contributed by atoms with E-state index in [-0.39, 0.29) is 12.5 Å². The number of pyridine rings is 1. The summed E-state index contributed by atoms with van der Waals surface area (Å²) in [7, 11) is 0. The minimum Gasteiger partial charge on any atom is -0.396 e. The smallest absolute Gasteiger partial charge is 0.248 e. The van der Waals surface area contributed by atoms with Crippen LogP contribution in [0.15, 0.2) is 54.7 Å². The van der Waals surface area contributed by atoms with Crippen molar-refractivity contribution in [2.24, 2.45) is 0 Å². The Balaban J connectivity index is 1.76. The van der Waals surface area contributed by atoms with Crippen LogP contribution in [0.2, 0.25) is 0 Å². The number of rotatable bonds is 9. The van der Waals surface area contributed by atoms with E-state index < -0.39 is 0 Å². The molecule has 126 valence electrons. The van der Waals surface area contributed by atoms with Crippen LogP contribution in [-0.4, -0.2) is 29.1 Å². The fourth-order valence-electron chi connectivity index (χ4n) is 2.12. The van der Waals surface area contributed by atoms with Crippen LogP contribution in [0, 0.1) is 0 Å². The molecular weight excluding hydrogens is 302 g/mol. The van der Waals surface area contributed by atoms with E-state index in [0.29, 0.717) is 5.69 Å². The third kappa shape index (κ3) is 6.62. The number of hydrogen-bond donors (Lipinski definition) is 3. The highest BCUT2D eigenvalue weighted by Gasteiger charge is 1.99. The number of aromatic nitrogens is 1. The zero-order chi connectivity index (χ0) is 17.0. The van der Waals surface area contributed by atoms with Crippen LogP contribution in [0.5, 0.6) is 0 Å². The van der Waals surface area contributed by atoms with E-state index in [2.05, 4.69) is 15.6 Å². The van der Waals surface area contributed by atoms with Gasteiger partial charge >= 0.3 is 0 Å². The van der Waals surface area contributed by atoms with Crippen molar-refractivity contribution >= 4 is 23.5 Å². The topological polar surface area (TPSA) is 74.2 Å². The lowest BCUT2D eigenvalue weighted by Crippen LogP contribution is -2.09. The first-order chi connectivity index (χ1) is 11.8. The molecule has 0 spiro atoms. The number of hydrogen-bond acceptors (Lipinski definition) is 4. The molecule has 0 aliphatic heterocycles. The van der Waals surface area contributed by atoms with Crippen molar-refractivity contribution in [3.63, 3.8) is 0 Å². The molecule has 1 heterocycles. The second-order valence-electron chi connectivity index (χ2n) is 5.38. The lowest BCUT2D eigenvalue weighted by molar-refractivity contribution is -0.111. The number of nitrogens with one attached hydrogen (secondary N) is 2. The number of aliphatic hydroxyl groups is 1. The van der Waals surface area contributed by atoms with Gasteiger partial charge in [0.05, 0.1) is 11.9 Å². The molecule has 5 nitrogen and oxygen atoms in total. The zero-order valence-corrected chi connectivity index (χ0v) is 13.6. The van der Waals surface area contributed by atoms with Crippen molar-refractivity contribution in [2.75, 3.05) is 23.8 Å². The van der Waals surface area contributed by atoms with Crippen molar-refractivity contribution < 1.29 is 9.90 Å². The summed E-state index contributed by atoms with van der Waals surface area (Å²) in [4.78, 5) is 16.1. The van der Waals surface area contributed by atoms with E-state index in [1.165, 1.54) is 6.08 Å². The summed E-state index contributed by atoms with van der Waals surface area (Å²) in [6.07, 6.45) is 7.71. The van der Waals surface area contributed by atoms with Crippen LogP contribution < -0.4 is 10.6 Å². The molecule has 0 aliphatic carbocycles. The molecule has 2 rings (SSSR count). The van der Waals surface area contributed by atoms with Gasteiger partial charge in [0, 0.05) is 19.2 Å². The van der Waals surface area contributed by atoms with Crippen LogP contribution in [0.3, 0.4) is 0 Å². The van der Waals surface area contributed by atoms with Crippen molar-refractivity contribution in [1.29, 1.82) is 0 Å². The molecule has 2 aromatic rings. The molecule has 0 atom stereocenters. The van der Waals surface area contributed by atoms with E-state index in [1.54, 1.807) is 12.3 Å². The first-order valence-corrected chi connectivity index (χ1v) is 8.13. The van der Waals surface area contributed by atoms with Crippen molar-refractivity contribution in [3.05, 3.63) is 60.3 Å². The van der Waals surface area contributed by atoms with Gasteiger partial charge < -0.3 is 15.7 Å². The maximum absolute atomic E-state index is 11.9. The maximum atomic E-state index is 11.9. The molecule has 1 aromatic carbocycles. The van der Waals surface area contributed by atoms with E-state index in [4.69, 9.17) is 5.11 Å². The van der Waals surface area contributed by atoms with Gasteiger partial charge in [-0.2, -0.15) is 0 Å². The number of unbranched alkanes of at least 4 members (excludes halogenated alkanes) is 2. The number of carbonyl (C=O) groups excluding carboxylic acids is 1. The SMILES string of the molecule is O=C(/C=C/c1ccccc1)Nc1ccc(NCCCCCO)nc1. The Morgan fingerprint density at radius 3 is 2.62 bits per heavy atom. The fourth-order valence-corrected chi connectivity index (χ4v) is 2.12. The van der Waals surface area contributed by atoms with Gasteiger partial charge in [-0.15, -0.1) is 0 Å². The Morgan fingerprint density at radius 2 is 1.92 bits per heavy atom. The van der Waals surface area contributed by atoms with Crippen LogP contribution in [0.1, 0.15) is 24.8 Å². The number of nitrogens with zero attached hydrogens (tertiary/aromatic N) is 1. The molecule has 0 fully saturated rings. The summed E-state index contributed by atoms with van der Waals surface area (Å²) in [5.41, 5.74) is 1.63. The Kier molecular flexibility index (Phi) is 7.50. The first-order valence-electron chi connectivity index (χ1n) is 8.13. The minimum absolute atomic E-state index is 0.189. The van der Waals surface area contributed by atoms with Crippen LogP contribution in [-0.2, 0) is 4.79 Å². The molecule has 0 bridgehead atoms. The lowest BCUT2D eigenvalue weighted by atomic mass is 10.2. The number of benzene rings is 1. The second-order valence-corrected chi connectivity index (χ2v) is 5.38. The van der Waals surface area contributed by atoms with E-state index in [0.717, 1.165) is 37.2 Å². The van der Waals surface area contributed by atoms with Gasteiger partial charge in [-0.25, -0.2) is 4.98 Å². The van der Waals surface area contributed by atoms with Gasteiger partial charge in [-0.3, -0.25) is 4.79 Å². The summed E-state index contributed by atoms with van der Waals surface area (Å²) < 4.78 is 0. The average molecular weight is 325 g/mol. The van der Waals surface area contributed by atoms with Gasteiger partial charge in [-0.1, -0.05) is 30.3 Å². The summed E-state index contributed by atoms with van der Waals surface area (Å²) in [5.74, 6) is 0.585. The monoisotopic (exact) mass is 325 g/mol. The van der Waals surface area contributed by atoms with Crippen molar-refractivity contribution in [1.82, 2.24) is 4.98 Å². The predicted octanol–water partition coefficient (Wildman–Crippen LogP) is 3.31. The molecule has 24 heavy (non-hydrogen) atoms. The molecule has 0 radical (unpaired) electrons. The zero-order valence-electron chi connectivity index (χ0n) is 13.6. The Bertz CT molecular complexity index is 639. The number of amides is 1. The molecule has 0 unspecified atom stereocenters. The highest BCUT2D eigenvalue weighted by molar-refractivity contribution is 6.01. The second kappa shape index (κ2) is 10.2. The molecule has 0 aliphatic rings. The highest BCUT2D eigenvalue weighted by atomic mass is 16.2. The summed E-state index contributed by atoms with van der Waals surface area (Å²) in [6.45, 7) is 1.06. The van der Waals surface area contributed by atoms with Gasteiger partial charge in [0.2, 0.25) is 5.91 Å². The Hall–Kier alpha value is -2.66. The number of anilines is 2. The molecular formula is C19H23N3O2. The van der Waals surface area contributed by atoms with Gasteiger partial charge in [0.15, 0.2) is 0 Å². The minimum atomic E-state index is -0.189. The Morgan fingerprint density at radius 1 is 1.08 bits per heavy atom. The van der Waals surface area contributed by atoms with Gasteiger partial charge in [0.25, 0.3) is 0 Å². The van der Waals surface area contributed by atoms with Gasteiger partial charge in [-0.05, 0) is 43.0 Å². The third-order valence-corrected chi connectivity index (χ3v) is 3.40. The maximum Gasteiger partial charge on any atom is 0.248 e. The normalized spacial score (nSPS) is 10.7. The molecule has 1 aromatic heterocycles. The van der Waals surface area contributed by atoms with E-state index in [9.17, 15) is 4.79 Å². The molecule has 1 amide bonds. The van der Waals surface area contributed by atoms with Gasteiger partial charge in [0.1, 0.15) is 5.82 Å². The van der Waals surface area contributed by atoms with E-state index in [1.807, 2.05) is 42.5 Å². The molecule has 3 N–H and O–H groups in total. The summed E-state index contributed by atoms with van der Waals surface area (Å²) >= 11 is 0. The standard InChI is InChI=1S/C19H23N3O2/c23-14-6-2-5-13-20-18-11-10-17(15-21-18)22-19(24)12-9-16-7-3-1-4-8-16/h1,3-4,7-12,15,23H,2,5-6,13-14H2,(H,20,21)(H,22,24)/b12-9+. The highest BCUT2D eigenvalue weighted by Crippen LogP contribution is 2.10. The van der Waals surface area contributed by atoms with Crippen LogP contribution in [0.4, 0.5) is 11.5 Å². The first kappa shape index (κ1) is 17.7. The van der Waals surface area contributed by atoms with Crippen LogP contribution >= 0.6 is 0 Å². The molecule has 5 heteroatoms. The number of aliphatic hydroxyl groups excluding tert-OH is 1. The third-order valence-electron chi connectivity index (χ3n) is 3.40. The van der Waals surface area contributed by atoms with E-state index >= 15 is 0 Å². The molecule has 0 saturated carbocycles. The Labute approximate surface area is 142 Å². The number of carbonyl (C=O) groups is 1. The fraction of sp³-hybridized carbons (Fsp3) is 0.263. The summed E-state index contributed by atoms with van der Waals surface area (Å²) in [6, 6.07) is 13.3. The van der Waals surface area contributed by atoms with Crippen LogP contribution in [0.25, 0.3) is 6.08 Å². The predicted molar refractivity (Wildman–Crippen MR) is 97.8 cm³/mol.